The summed E-state index contributed by atoms with van der Waals surface area (Å²) in [5.74, 6) is -0.137. The number of nitrogens with one attached hydrogen (secondary N) is 1. The molecule has 0 aromatic rings. The molecule has 0 rings (SSSR count). The van der Waals surface area contributed by atoms with Crippen molar-refractivity contribution < 1.29 is 32.9 Å². The molecule has 8 nitrogen and oxygen atoms in total. The number of rotatable bonds is 51. The van der Waals surface area contributed by atoms with Gasteiger partial charge < -0.3 is 19.8 Å². The predicted molar refractivity (Wildman–Crippen MR) is 268 cm³/mol. The van der Waals surface area contributed by atoms with Crippen molar-refractivity contribution in [2.45, 2.75) is 296 Å². The first-order chi connectivity index (χ1) is 30.0. The van der Waals surface area contributed by atoms with E-state index < -0.39 is 20.0 Å². The van der Waals surface area contributed by atoms with Gasteiger partial charge in [-0.05, 0) is 12.8 Å². The van der Waals surface area contributed by atoms with Crippen LogP contribution in [0.5, 0.6) is 0 Å². The minimum absolute atomic E-state index is 0.0791. The van der Waals surface area contributed by atoms with Gasteiger partial charge in [0, 0.05) is 6.42 Å². The van der Waals surface area contributed by atoms with Gasteiger partial charge in [0.2, 0.25) is 5.91 Å². The molecule has 0 fully saturated rings. The van der Waals surface area contributed by atoms with Gasteiger partial charge in [0.05, 0.1) is 39.9 Å². The minimum Gasteiger partial charge on any atom is -0.391 e. The number of carbonyl (C=O) groups excluding carboxylic acids is 1. The molecule has 1 amide bonds. The number of aliphatic hydroxyl groups excluding tert-OH is 1. The average molecular weight is 902 g/mol. The zero-order valence-electron chi connectivity index (χ0n) is 42.4. The molecule has 372 valence electrons. The lowest BCUT2D eigenvalue weighted by Crippen LogP contribution is -2.46. The van der Waals surface area contributed by atoms with Gasteiger partial charge in [-0.1, -0.05) is 264 Å². The van der Waals surface area contributed by atoms with E-state index in [4.69, 9.17) is 9.05 Å². The molecule has 3 N–H and O–H groups in total. The fourth-order valence-electron chi connectivity index (χ4n) is 8.52. The Balaban J connectivity index is 4.18. The summed E-state index contributed by atoms with van der Waals surface area (Å²) in [4.78, 5) is 23.3. The maximum absolute atomic E-state index is 13.0. The second-order valence-corrected chi connectivity index (χ2v) is 21.8. The van der Waals surface area contributed by atoms with E-state index in [2.05, 4.69) is 19.2 Å². The van der Waals surface area contributed by atoms with Crippen molar-refractivity contribution in [3.05, 3.63) is 0 Å². The molecule has 0 heterocycles. The smallest absolute Gasteiger partial charge is 0.391 e. The lowest BCUT2D eigenvalue weighted by Gasteiger charge is -2.26. The Labute approximate surface area is 387 Å². The van der Waals surface area contributed by atoms with Crippen LogP contribution in [0.4, 0.5) is 0 Å². The molecule has 0 aliphatic rings. The quantitative estimate of drug-likeness (QED) is 0.0319. The summed E-state index contributed by atoms with van der Waals surface area (Å²) in [5, 5.41) is 14.1. The third-order valence-corrected chi connectivity index (χ3v) is 13.8. The second-order valence-electron chi connectivity index (χ2n) is 20.3. The van der Waals surface area contributed by atoms with Gasteiger partial charge in [0.15, 0.2) is 0 Å². The van der Waals surface area contributed by atoms with Crippen LogP contribution < -0.4 is 5.32 Å². The number of quaternary nitrogens is 1. The Bertz CT molecular complexity index is 978. The van der Waals surface area contributed by atoms with Gasteiger partial charge in [0.25, 0.3) is 0 Å². The van der Waals surface area contributed by atoms with E-state index in [0.717, 1.165) is 38.5 Å². The van der Waals surface area contributed by atoms with Gasteiger partial charge >= 0.3 is 7.82 Å². The van der Waals surface area contributed by atoms with Crippen molar-refractivity contribution >= 4 is 13.7 Å². The lowest BCUT2D eigenvalue weighted by atomic mass is 10.0. The van der Waals surface area contributed by atoms with E-state index in [0.29, 0.717) is 23.9 Å². The molecule has 0 aromatic carbocycles. The number of carbonyl (C=O) groups is 1. The molecule has 0 aliphatic carbocycles. The summed E-state index contributed by atoms with van der Waals surface area (Å²) in [6, 6.07) is -0.754. The number of amides is 1. The van der Waals surface area contributed by atoms with Gasteiger partial charge in [-0.3, -0.25) is 13.8 Å². The number of phosphoric ester groups is 1. The molecule has 0 saturated carbocycles. The zero-order chi connectivity index (χ0) is 45.7. The van der Waals surface area contributed by atoms with E-state index in [1.54, 1.807) is 0 Å². The largest absolute Gasteiger partial charge is 0.472 e. The second kappa shape index (κ2) is 45.6. The van der Waals surface area contributed by atoms with Gasteiger partial charge in [0.1, 0.15) is 13.2 Å². The van der Waals surface area contributed by atoms with Gasteiger partial charge in [-0.2, -0.15) is 0 Å². The zero-order valence-corrected chi connectivity index (χ0v) is 43.3. The third kappa shape index (κ3) is 47.5. The molecule has 62 heavy (non-hydrogen) atoms. The standard InChI is InChI=1S/C53H109N2O6P/c1-6-8-10-12-14-16-18-20-22-24-26-28-30-32-34-36-38-40-42-44-46-52(56)51(50-61-62(58,59)60-49-48-55(3,4)5)54-53(57)47-45-43-41-39-37-35-33-31-29-27-25-23-21-19-17-15-13-11-9-7-2/h51-52,56H,6-50H2,1-5H3,(H-,54,57,58,59)/p+1. The number of aliphatic hydroxyl groups is 1. The van der Waals surface area contributed by atoms with Crippen molar-refractivity contribution in [1.82, 2.24) is 5.32 Å². The van der Waals surface area contributed by atoms with E-state index >= 15 is 0 Å². The van der Waals surface area contributed by atoms with Gasteiger partial charge in [-0.25, -0.2) is 4.57 Å². The average Bonchev–Trinajstić information content (AvgIpc) is 3.23. The summed E-state index contributed by atoms with van der Waals surface area (Å²) in [5.41, 5.74) is 0. The maximum Gasteiger partial charge on any atom is 0.472 e. The third-order valence-electron chi connectivity index (χ3n) is 12.9. The minimum atomic E-state index is -4.31. The van der Waals surface area contributed by atoms with Crippen LogP contribution >= 0.6 is 7.82 Å². The number of nitrogens with zero attached hydrogens (tertiary/aromatic N) is 1. The monoisotopic (exact) mass is 902 g/mol. The fraction of sp³-hybridized carbons (Fsp3) is 0.981. The normalized spacial score (nSPS) is 14.0. The first kappa shape index (κ1) is 61.5. The van der Waals surface area contributed by atoms with Crippen LogP contribution in [0.3, 0.4) is 0 Å². The number of hydrogen-bond donors (Lipinski definition) is 3. The maximum atomic E-state index is 13.0. The topological polar surface area (TPSA) is 105 Å². The number of likely N-dealkylation sites (N-methyl/N-ethyl adjacent to an activating group) is 1. The first-order valence-corrected chi connectivity index (χ1v) is 28.9. The highest BCUT2D eigenvalue weighted by molar-refractivity contribution is 7.47. The Kier molecular flexibility index (Phi) is 45.3. The summed E-state index contributed by atoms with van der Waals surface area (Å²) in [6.07, 6.45) is 52.8. The lowest BCUT2D eigenvalue weighted by molar-refractivity contribution is -0.870. The highest BCUT2D eigenvalue weighted by Crippen LogP contribution is 2.43. The molecule has 0 saturated heterocycles. The SMILES string of the molecule is CCCCCCCCCCCCCCCCCCCCCCC(=O)NC(COP(=O)(O)OCC[N+](C)(C)C)C(O)CCCCCCCCCCCCCCCCCCCCCC. The van der Waals surface area contributed by atoms with Crippen LogP contribution in [0.1, 0.15) is 284 Å². The van der Waals surface area contributed by atoms with Crippen molar-refractivity contribution in [2.75, 3.05) is 40.9 Å². The molecular weight excluding hydrogens is 792 g/mol. The van der Waals surface area contributed by atoms with Crippen molar-refractivity contribution in [2.24, 2.45) is 0 Å². The number of unbranched alkanes of at least 4 members (excludes halogenated alkanes) is 38. The molecule has 0 bridgehead atoms. The molecule has 0 radical (unpaired) electrons. The van der Waals surface area contributed by atoms with Crippen LogP contribution in [0.2, 0.25) is 0 Å². The summed E-state index contributed by atoms with van der Waals surface area (Å²) < 4.78 is 23.8. The molecule has 3 atom stereocenters. The van der Waals surface area contributed by atoms with Crippen LogP contribution in [-0.4, -0.2) is 73.4 Å². The molecule has 0 spiro atoms. The highest BCUT2D eigenvalue weighted by Gasteiger charge is 2.28. The Morgan fingerprint density at radius 3 is 1.08 bits per heavy atom. The Morgan fingerprint density at radius 2 is 0.774 bits per heavy atom. The Hall–Kier alpha value is -0.500. The first-order valence-electron chi connectivity index (χ1n) is 27.4. The molecule has 3 unspecified atom stereocenters. The van der Waals surface area contributed by atoms with Crippen molar-refractivity contribution in [3.8, 4) is 0 Å². The number of hydrogen-bond acceptors (Lipinski definition) is 5. The fourth-order valence-corrected chi connectivity index (χ4v) is 9.26. The van der Waals surface area contributed by atoms with E-state index in [9.17, 15) is 19.4 Å². The van der Waals surface area contributed by atoms with E-state index in [1.165, 1.54) is 218 Å². The van der Waals surface area contributed by atoms with Crippen LogP contribution in [0.25, 0.3) is 0 Å². The number of phosphoric acid groups is 1. The molecule has 9 heteroatoms. The summed E-state index contributed by atoms with van der Waals surface area (Å²) in [7, 11) is 1.63. The van der Waals surface area contributed by atoms with E-state index in [-0.39, 0.29) is 19.1 Å². The Morgan fingerprint density at radius 1 is 0.484 bits per heavy atom. The molecular formula is C53H110N2O6P+. The van der Waals surface area contributed by atoms with Crippen LogP contribution in [0, 0.1) is 0 Å². The van der Waals surface area contributed by atoms with Crippen molar-refractivity contribution in [1.29, 1.82) is 0 Å². The highest BCUT2D eigenvalue weighted by atomic mass is 31.2. The summed E-state index contributed by atoms with van der Waals surface area (Å²) in [6.45, 7) is 4.94. The molecule has 0 aliphatic heterocycles. The predicted octanol–water partition coefficient (Wildman–Crippen LogP) is 16.1. The van der Waals surface area contributed by atoms with Crippen molar-refractivity contribution in [3.63, 3.8) is 0 Å². The van der Waals surface area contributed by atoms with Crippen LogP contribution in [0.15, 0.2) is 0 Å². The molecule has 0 aromatic heterocycles. The van der Waals surface area contributed by atoms with E-state index in [1.807, 2.05) is 21.1 Å². The van der Waals surface area contributed by atoms with Gasteiger partial charge in [-0.15, -0.1) is 0 Å². The van der Waals surface area contributed by atoms with Crippen LogP contribution in [-0.2, 0) is 18.4 Å². The summed E-state index contributed by atoms with van der Waals surface area (Å²) >= 11 is 0.